The highest BCUT2D eigenvalue weighted by atomic mass is 16.2. The third-order valence-corrected chi connectivity index (χ3v) is 2.01. The predicted molar refractivity (Wildman–Crippen MR) is 48.1 cm³/mol. The highest BCUT2D eigenvalue weighted by Gasteiger charge is 2.24. The maximum Gasteiger partial charge on any atom is 0.317 e. The smallest absolute Gasteiger partial charge is 0.317 e. The van der Waals surface area contributed by atoms with Gasteiger partial charge in [0.1, 0.15) is 0 Å². The van der Waals surface area contributed by atoms with Gasteiger partial charge in [0.2, 0.25) is 0 Å². The van der Waals surface area contributed by atoms with Gasteiger partial charge < -0.3 is 15.5 Å². The molecular formula is C8H17N3O. The van der Waals surface area contributed by atoms with Gasteiger partial charge in [-0.3, -0.25) is 0 Å². The summed E-state index contributed by atoms with van der Waals surface area (Å²) in [6.45, 7) is 4.70. The van der Waals surface area contributed by atoms with E-state index in [-0.39, 0.29) is 6.03 Å². The van der Waals surface area contributed by atoms with Crippen LogP contribution in [-0.2, 0) is 0 Å². The summed E-state index contributed by atoms with van der Waals surface area (Å²) in [4.78, 5) is 13.0. The molecule has 1 unspecified atom stereocenters. The first-order valence-corrected chi connectivity index (χ1v) is 4.44. The second kappa shape index (κ2) is 4.30. The van der Waals surface area contributed by atoms with E-state index in [0.717, 1.165) is 26.1 Å². The third kappa shape index (κ3) is 2.37. The van der Waals surface area contributed by atoms with Gasteiger partial charge in [0, 0.05) is 19.1 Å². The van der Waals surface area contributed by atoms with Gasteiger partial charge in [0.05, 0.1) is 0 Å². The summed E-state index contributed by atoms with van der Waals surface area (Å²) in [5.41, 5.74) is 0. The number of hydrogen-bond acceptors (Lipinski definition) is 2. The van der Waals surface area contributed by atoms with Crippen molar-refractivity contribution in [2.75, 3.05) is 26.7 Å². The molecule has 0 aliphatic carbocycles. The lowest BCUT2D eigenvalue weighted by atomic mass is 10.3. The first-order valence-electron chi connectivity index (χ1n) is 4.44. The van der Waals surface area contributed by atoms with Crippen LogP contribution >= 0.6 is 0 Å². The van der Waals surface area contributed by atoms with Crippen molar-refractivity contribution in [1.29, 1.82) is 0 Å². The van der Waals surface area contributed by atoms with Gasteiger partial charge in [-0.25, -0.2) is 4.79 Å². The zero-order valence-corrected chi connectivity index (χ0v) is 7.76. The van der Waals surface area contributed by atoms with E-state index in [0.29, 0.717) is 6.04 Å². The fraction of sp³-hybridized carbons (Fsp3) is 0.875. The molecule has 1 aliphatic heterocycles. The van der Waals surface area contributed by atoms with Crippen LogP contribution in [0.2, 0.25) is 0 Å². The van der Waals surface area contributed by atoms with Gasteiger partial charge in [-0.2, -0.15) is 0 Å². The number of amides is 2. The minimum absolute atomic E-state index is 0.0820. The van der Waals surface area contributed by atoms with Crippen LogP contribution in [0, 0.1) is 0 Å². The average molecular weight is 171 g/mol. The number of carbonyl (C=O) groups excluding carboxylic acids is 1. The highest BCUT2D eigenvalue weighted by molar-refractivity contribution is 5.76. The zero-order valence-electron chi connectivity index (χ0n) is 7.76. The van der Waals surface area contributed by atoms with Crippen molar-refractivity contribution in [3.05, 3.63) is 0 Å². The molecule has 0 saturated carbocycles. The number of nitrogens with zero attached hydrogens (tertiary/aromatic N) is 1. The molecule has 0 aromatic heterocycles. The fourth-order valence-corrected chi connectivity index (χ4v) is 1.40. The Labute approximate surface area is 73.3 Å². The summed E-state index contributed by atoms with van der Waals surface area (Å²) < 4.78 is 0. The Morgan fingerprint density at radius 3 is 3.00 bits per heavy atom. The molecule has 1 aliphatic rings. The molecule has 2 N–H and O–H groups in total. The summed E-state index contributed by atoms with van der Waals surface area (Å²) in [5.74, 6) is 0. The Morgan fingerprint density at radius 2 is 2.50 bits per heavy atom. The molecule has 0 aromatic rings. The molecule has 1 saturated heterocycles. The highest BCUT2D eigenvalue weighted by Crippen LogP contribution is 2.03. The van der Waals surface area contributed by atoms with E-state index in [9.17, 15) is 4.79 Å². The van der Waals surface area contributed by atoms with E-state index in [1.54, 1.807) is 0 Å². The molecule has 4 nitrogen and oxygen atoms in total. The molecule has 0 bridgehead atoms. The first-order chi connectivity index (χ1) is 5.74. The molecular weight excluding hydrogens is 154 g/mol. The van der Waals surface area contributed by atoms with E-state index in [1.165, 1.54) is 0 Å². The van der Waals surface area contributed by atoms with E-state index in [1.807, 2.05) is 18.9 Å². The second-order valence-corrected chi connectivity index (χ2v) is 3.25. The van der Waals surface area contributed by atoms with Crippen LogP contribution in [-0.4, -0.2) is 43.7 Å². The number of rotatable bonds is 4. The third-order valence-electron chi connectivity index (χ3n) is 2.01. The number of hydrogen-bond donors (Lipinski definition) is 2. The van der Waals surface area contributed by atoms with Gasteiger partial charge in [-0.05, 0) is 26.9 Å². The van der Waals surface area contributed by atoms with E-state index >= 15 is 0 Å². The number of carbonyl (C=O) groups is 1. The van der Waals surface area contributed by atoms with E-state index < -0.39 is 0 Å². The maximum atomic E-state index is 11.2. The molecule has 1 fully saturated rings. The number of nitrogens with one attached hydrogen (secondary N) is 2. The molecule has 0 radical (unpaired) electrons. The van der Waals surface area contributed by atoms with Crippen molar-refractivity contribution < 1.29 is 4.79 Å². The molecule has 2 amide bonds. The van der Waals surface area contributed by atoms with Crippen LogP contribution in [0.1, 0.15) is 13.3 Å². The van der Waals surface area contributed by atoms with Gasteiger partial charge in [-0.1, -0.05) is 0 Å². The topological polar surface area (TPSA) is 44.4 Å². The summed E-state index contributed by atoms with van der Waals surface area (Å²) in [6.07, 6.45) is 1.02. The molecule has 1 heterocycles. The number of urea groups is 1. The predicted octanol–water partition coefficient (Wildman–Crippen LogP) is 0.00960. The fourth-order valence-electron chi connectivity index (χ4n) is 1.40. The molecule has 0 spiro atoms. The van der Waals surface area contributed by atoms with Crippen molar-refractivity contribution in [2.45, 2.75) is 19.4 Å². The Bertz CT molecular complexity index is 160. The Hall–Kier alpha value is -0.770. The van der Waals surface area contributed by atoms with Crippen LogP contribution in [0.4, 0.5) is 4.79 Å². The standard InChI is InChI=1S/C8H17N3O/c1-7-6-11(8(12)10-7)5-3-4-9-2/h7,9H,3-6H2,1-2H3,(H,10,12). The van der Waals surface area contributed by atoms with Crippen molar-refractivity contribution >= 4 is 6.03 Å². The van der Waals surface area contributed by atoms with Crippen LogP contribution in [0.5, 0.6) is 0 Å². The molecule has 1 rings (SSSR count). The van der Waals surface area contributed by atoms with Gasteiger partial charge in [0.25, 0.3) is 0 Å². The van der Waals surface area contributed by atoms with E-state index in [4.69, 9.17) is 0 Å². The SMILES string of the molecule is CNCCCN1CC(C)NC1=O. The monoisotopic (exact) mass is 171 g/mol. The summed E-state index contributed by atoms with van der Waals surface area (Å²) in [5, 5.41) is 5.92. The second-order valence-electron chi connectivity index (χ2n) is 3.25. The lowest BCUT2D eigenvalue weighted by molar-refractivity contribution is 0.217. The summed E-state index contributed by atoms with van der Waals surface area (Å²) in [7, 11) is 1.92. The minimum Gasteiger partial charge on any atom is -0.334 e. The summed E-state index contributed by atoms with van der Waals surface area (Å²) in [6, 6.07) is 0.394. The normalized spacial score (nSPS) is 23.0. The molecule has 4 heteroatoms. The molecule has 0 aromatic carbocycles. The van der Waals surface area contributed by atoms with Crippen LogP contribution < -0.4 is 10.6 Å². The summed E-state index contributed by atoms with van der Waals surface area (Å²) >= 11 is 0. The van der Waals surface area contributed by atoms with Crippen LogP contribution in [0.25, 0.3) is 0 Å². The van der Waals surface area contributed by atoms with Crippen molar-refractivity contribution in [3.63, 3.8) is 0 Å². The van der Waals surface area contributed by atoms with Crippen LogP contribution in [0.3, 0.4) is 0 Å². The molecule has 1 atom stereocenters. The Balaban J connectivity index is 2.19. The lowest BCUT2D eigenvalue weighted by Crippen LogP contribution is -2.30. The zero-order chi connectivity index (χ0) is 8.97. The van der Waals surface area contributed by atoms with E-state index in [2.05, 4.69) is 10.6 Å². The quantitative estimate of drug-likeness (QED) is 0.585. The largest absolute Gasteiger partial charge is 0.334 e. The first kappa shape index (κ1) is 9.32. The molecule has 12 heavy (non-hydrogen) atoms. The van der Waals surface area contributed by atoms with Crippen molar-refractivity contribution in [3.8, 4) is 0 Å². The van der Waals surface area contributed by atoms with Gasteiger partial charge >= 0.3 is 6.03 Å². The maximum absolute atomic E-state index is 11.2. The minimum atomic E-state index is 0.0820. The lowest BCUT2D eigenvalue weighted by Gasteiger charge is -2.13. The van der Waals surface area contributed by atoms with Gasteiger partial charge in [-0.15, -0.1) is 0 Å². The van der Waals surface area contributed by atoms with Gasteiger partial charge in [0.15, 0.2) is 0 Å². The van der Waals surface area contributed by atoms with Crippen molar-refractivity contribution in [2.24, 2.45) is 0 Å². The Morgan fingerprint density at radius 1 is 1.75 bits per heavy atom. The Kier molecular flexibility index (Phi) is 3.34. The molecule has 70 valence electrons. The van der Waals surface area contributed by atoms with Crippen molar-refractivity contribution in [1.82, 2.24) is 15.5 Å². The van der Waals surface area contributed by atoms with Crippen LogP contribution in [0.15, 0.2) is 0 Å². The average Bonchev–Trinajstić information content (AvgIpc) is 2.31.